The van der Waals surface area contributed by atoms with Crippen molar-refractivity contribution in [3.8, 4) is 0 Å². The highest BCUT2D eigenvalue weighted by atomic mass is 16.6. The number of carbonyl (C=O) groups is 2. The molecule has 2 atom stereocenters. The zero-order chi connectivity index (χ0) is 18.9. The first-order valence-electron chi connectivity index (χ1n) is 8.67. The van der Waals surface area contributed by atoms with Gasteiger partial charge in [0.15, 0.2) is 11.8 Å². The molecular weight excluding hydrogens is 322 g/mol. The summed E-state index contributed by atoms with van der Waals surface area (Å²) in [6.07, 6.45) is -0.997. The summed E-state index contributed by atoms with van der Waals surface area (Å²) in [7, 11) is 1.32. The van der Waals surface area contributed by atoms with Gasteiger partial charge in [-0.3, -0.25) is 9.48 Å². The first-order chi connectivity index (χ1) is 11.5. The van der Waals surface area contributed by atoms with Crippen LogP contribution in [0.5, 0.6) is 0 Å². The molecule has 0 aliphatic carbocycles. The van der Waals surface area contributed by atoms with Crippen molar-refractivity contribution in [1.29, 1.82) is 0 Å². The second-order valence-corrected chi connectivity index (χ2v) is 7.86. The van der Waals surface area contributed by atoms with Crippen LogP contribution in [0.4, 0.5) is 0 Å². The van der Waals surface area contributed by atoms with E-state index in [1.807, 2.05) is 17.7 Å². The molecule has 1 amide bonds. The van der Waals surface area contributed by atoms with Crippen LogP contribution in [0, 0.1) is 0 Å². The number of esters is 1. The summed E-state index contributed by atoms with van der Waals surface area (Å²) in [5.41, 5.74) is 1.20. The largest absolute Gasteiger partial charge is 0.467 e. The van der Waals surface area contributed by atoms with Gasteiger partial charge in [-0.2, -0.15) is 5.10 Å². The van der Waals surface area contributed by atoms with Crippen LogP contribution in [0.1, 0.15) is 63.6 Å². The number of aromatic nitrogens is 2. The first kappa shape index (κ1) is 19.4. The number of amides is 1. The standard InChI is InChI=1S/C18H29N3O4/c1-11(2)14-8-13(19-21(14)18(4,5)6)16(22)20-9-12(3)25-15(10-20)17(23)24-7/h8,11-12,15H,9-10H2,1-7H3/t12-,15-/m1/s1. The Morgan fingerprint density at radius 1 is 1.32 bits per heavy atom. The number of hydrogen-bond acceptors (Lipinski definition) is 5. The predicted octanol–water partition coefficient (Wildman–Crippen LogP) is 2.16. The van der Waals surface area contributed by atoms with Crippen molar-refractivity contribution in [2.75, 3.05) is 20.2 Å². The van der Waals surface area contributed by atoms with E-state index in [4.69, 9.17) is 9.47 Å². The minimum atomic E-state index is -0.757. The fourth-order valence-corrected chi connectivity index (χ4v) is 2.99. The van der Waals surface area contributed by atoms with E-state index in [0.29, 0.717) is 12.2 Å². The summed E-state index contributed by atoms with van der Waals surface area (Å²) < 4.78 is 12.2. The molecule has 7 nitrogen and oxygen atoms in total. The molecule has 0 saturated carbocycles. The van der Waals surface area contributed by atoms with Crippen LogP contribution in [-0.4, -0.2) is 59.0 Å². The maximum atomic E-state index is 13.0. The molecule has 0 bridgehead atoms. The van der Waals surface area contributed by atoms with Gasteiger partial charge < -0.3 is 14.4 Å². The average Bonchev–Trinajstić information content (AvgIpc) is 2.98. The summed E-state index contributed by atoms with van der Waals surface area (Å²) >= 11 is 0. The molecule has 1 aliphatic heterocycles. The molecule has 1 saturated heterocycles. The molecule has 0 aromatic carbocycles. The second kappa shape index (κ2) is 7.15. The van der Waals surface area contributed by atoms with E-state index < -0.39 is 12.1 Å². The Hall–Kier alpha value is -1.89. The van der Waals surface area contributed by atoms with E-state index in [2.05, 4.69) is 39.7 Å². The molecule has 1 fully saturated rings. The van der Waals surface area contributed by atoms with Gasteiger partial charge in [-0.1, -0.05) is 13.8 Å². The Balaban J connectivity index is 2.29. The quantitative estimate of drug-likeness (QED) is 0.780. The summed E-state index contributed by atoms with van der Waals surface area (Å²) in [5, 5.41) is 4.56. The third-order valence-corrected chi connectivity index (χ3v) is 4.19. The van der Waals surface area contributed by atoms with Crippen LogP contribution < -0.4 is 0 Å². The number of nitrogens with zero attached hydrogens (tertiary/aromatic N) is 3. The molecule has 0 spiro atoms. The van der Waals surface area contributed by atoms with Crippen molar-refractivity contribution >= 4 is 11.9 Å². The molecule has 7 heteroatoms. The Morgan fingerprint density at radius 3 is 2.44 bits per heavy atom. The highest BCUT2D eigenvalue weighted by Crippen LogP contribution is 2.25. The number of rotatable bonds is 3. The molecular formula is C18H29N3O4. The van der Waals surface area contributed by atoms with Gasteiger partial charge in [0, 0.05) is 12.2 Å². The van der Waals surface area contributed by atoms with E-state index in [-0.39, 0.29) is 30.0 Å². The maximum Gasteiger partial charge on any atom is 0.336 e. The van der Waals surface area contributed by atoms with Crippen LogP contribution >= 0.6 is 0 Å². The number of carbonyl (C=O) groups excluding carboxylic acids is 2. The Kier molecular flexibility index (Phi) is 5.56. The lowest BCUT2D eigenvalue weighted by Gasteiger charge is -2.35. The van der Waals surface area contributed by atoms with Crippen molar-refractivity contribution < 1.29 is 19.1 Å². The normalized spacial score (nSPS) is 21.5. The van der Waals surface area contributed by atoms with E-state index in [0.717, 1.165) is 5.69 Å². The van der Waals surface area contributed by atoms with Crippen molar-refractivity contribution in [1.82, 2.24) is 14.7 Å². The van der Waals surface area contributed by atoms with Crippen LogP contribution in [0.25, 0.3) is 0 Å². The summed E-state index contributed by atoms with van der Waals surface area (Å²) in [5.74, 6) is -0.402. The van der Waals surface area contributed by atoms with Gasteiger partial charge >= 0.3 is 5.97 Å². The lowest BCUT2D eigenvalue weighted by atomic mass is 10.1. The fraction of sp³-hybridized carbons (Fsp3) is 0.722. The SMILES string of the molecule is COC(=O)[C@H]1CN(C(=O)c2cc(C(C)C)n(C(C)(C)C)n2)C[C@@H](C)O1. The fourth-order valence-electron chi connectivity index (χ4n) is 2.99. The highest BCUT2D eigenvalue weighted by molar-refractivity contribution is 5.93. The van der Waals surface area contributed by atoms with E-state index in [9.17, 15) is 9.59 Å². The lowest BCUT2D eigenvalue weighted by molar-refractivity contribution is -0.164. The second-order valence-electron chi connectivity index (χ2n) is 7.86. The molecule has 0 unspecified atom stereocenters. The summed E-state index contributed by atoms with van der Waals surface area (Å²) in [6.45, 7) is 12.8. The molecule has 0 radical (unpaired) electrons. The van der Waals surface area contributed by atoms with Gasteiger partial charge in [-0.15, -0.1) is 0 Å². The van der Waals surface area contributed by atoms with E-state index in [1.54, 1.807) is 4.90 Å². The molecule has 1 aliphatic rings. The Morgan fingerprint density at radius 2 is 1.96 bits per heavy atom. The van der Waals surface area contributed by atoms with E-state index >= 15 is 0 Å². The maximum absolute atomic E-state index is 13.0. The smallest absolute Gasteiger partial charge is 0.336 e. The van der Waals surface area contributed by atoms with E-state index in [1.165, 1.54) is 7.11 Å². The van der Waals surface area contributed by atoms with Crippen molar-refractivity contribution in [3.05, 3.63) is 17.5 Å². The first-order valence-corrected chi connectivity index (χ1v) is 8.67. The van der Waals surface area contributed by atoms with Crippen LogP contribution in [-0.2, 0) is 19.8 Å². The number of methoxy groups -OCH3 is 1. The van der Waals surface area contributed by atoms with Gasteiger partial charge in [0.05, 0.1) is 25.3 Å². The minimum Gasteiger partial charge on any atom is -0.467 e. The third kappa shape index (κ3) is 4.21. The monoisotopic (exact) mass is 351 g/mol. The highest BCUT2D eigenvalue weighted by Gasteiger charge is 2.35. The van der Waals surface area contributed by atoms with Crippen LogP contribution in [0.15, 0.2) is 6.07 Å². The number of ether oxygens (including phenoxy) is 2. The number of morpholine rings is 1. The minimum absolute atomic E-state index is 0.176. The molecule has 1 aromatic rings. The lowest BCUT2D eigenvalue weighted by Crippen LogP contribution is -2.52. The van der Waals surface area contributed by atoms with Crippen LogP contribution in [0.3, 0.4) is 0 Å². The third-order valence-electron chi connectivity index (χ3n) is 4.19. The Bertz CT molecular complexity index is 645. The van der Waals surface area contributed by atoms with Crippen molar-refractivity contribution in [2.45, 2.75) is 65.2 Å². The Labute approximate surface area is 149 Å². The number of hydrogen-bond donors (Lipinski definition) is 0. The van der Waals surface area contributed by atoms with Crippen molar-refractivity contribution in [2.24, 2.45) is 0 Å². The molecule has 25 heavy (non-hydrogen) atoms. The molecule has 2 rings (SSSR count). The van der Waals surface area contributed by atoms with Gasteiger partial charge in [0.25, 0.3) is 5.91 Å². The molecule has 1 aromatic heterocycles. The van der Waals surface area contributed by atoms with Crippen molar-refractivity contribution in [3.63, 3.8) is 0 Å². The van der Waals surface area contributed by atoms with Gasteiger partial charge in [0.2, 0.25) is 0 Å². The zero-order valence-corrected chi connectivity index (χ0v) is 16.2. The van der Waals surface area contributed by atoms with Gasteiger partial charge in [-0.05, 0) is 39.7 Å². The van der Waals surface area contributed by atoms with Gasteiger partial charge in [-0.25, -0.2) is 4.79 Å². The topological polar surface area (TPSA) is 73.7 Å². The van der Waals surface area contributed by atoms with Gasteiger partial charge in [0.1, 0.15) is 0 Å². The molecule has 2 heterocycles. The molecule has 0 N–H and O–H groups in total. The average molecular weight is 351 g/mol. The van der Waals surface area contributed by atoms with Crippen LogP contribution in [0.2, 0.25) is 0 Å². The predicted molar refractivity (Wildman–Crippen MR) is 93.6 cm³/mol. The molecule has 140 valence electrons. The zero-order valence-electron chi connectivity index (χ0n) is 16.2. The summed E-state index contributed by atoms with van der Waals surface area (Å²) in [6, 6.07) is 1.85. The summed E-state index contributed by atoms with van der Waals surface area (Å²) in [4.78, 5) is 26.4.